The van der Waals surface area contributed by atoms with Gasteiger partial charge in [0.2, 0.25) is 11.0 Å². The van der Waals surface area contributed by atoms with E-state index in [4.69, 9.17) is 0 Å². The van der Waals surface area contributed by atoms with Gasteiger partial charge in [-0.05, 0) is 32.9 Å². The average Bonchev–Trinajstić information content (AvgIpc) is 3.12. The molecule has 0 atom stereocenters. The van der Waals surface area contributed by atoms with Crippen LogP contribution in [0.3, 0.4) is 0 Å². The van der Waals surface area contributed by atoms with Gasteiger partial charge in [0, 0.05) is 17.5 Å². The van der Waals surface area contributed by atoms with Crippen LogP contribution in [0.5, 0.6) is 0 Å². The quantitative estimate of drug-likeness (QED) is 0.732. The van der Waals surface area contributed by atoms with Gasteiger partial charge in [-0.3, -0.25) is 4.79 Å². The van der Waals surface area contributed by atoms with Crippen molar-refractivity contribution in [3.8, 4) is 5.82 Å². The third-order valence-electron chi connectivity index (χ3n) is 3.84. The molecule has 0 saturated carbocycles. The SMILES string of the molecule is Cc1nnc(NC(=O)Cc2c(C)nn(-c3ccc(C(F)(F)F)cn3)c2C)s1. The number of rotatable bonds is 4. The number of halogens is 3. The van der Waals surface area contributed by atoms with E-state index >= 15 is 0 Å². The Bertz CT molecular complexity index is 977. The molecular formula is C16H15F3N6OS. The first-order valence-corrected chi connectivity index (χ1v) is 8.65. The summed E-state index contributed by atoms with van der Waals surface area (Å²) in [6.45, 7) is 5.24. The summed E-state index contributed by atoms with van der Waals surface area (Å²) in [5.41, 5.74) is 1.07. The summed E-state index contributed by atoms with van der Waals surface area (Å²) in [5.74, 6) is -0.0349. The van der Waals surface area contributed by atoms with E-state index in [1.165, 1.54) is 22.1 Å². The van der Waals surface area contributed by atoms with Gasteiger partial charge in [0.1, 0.15) is 5.01 Å². The Hall–Kier alpha value is -2.82. The van der Waals surface area contributed by atoms with Crippen LogP contribution in [0.2, 0.25) is 0 Å². The van der Waals surface area contributed by atoms with Crippen molar-refractivity contribution >= 4 is 22.4 Å². The molecular weight excluding hydrogens is 381 g/mol. The number of hydrogen-bond acceptors (Lipinski definition) is 6. The van der Waals surface area contributed by atoms with Crippen molar-refractivity contribution < 1.29 is 18.0 Å². The highest BCUT2D eigenvalue weighted by Crippen LogP contribution is 2.29. The summed E-state index contributed by atoms with van der Waals surface area (Å²) in [7, 11) is 0. The van der Waals surface area contributed by atoms with E-state index in [-0.39, 0.29) is 18.1 Å². The second-order valence-electron chi connectivity index (χ2n) is 5.82. The van der Waals surface area contributed by atoms with Crippen LogP contribution in [0.4, 0.5) is 18.3 Å². The smallest absolute Gasteiger partial charge is 0.300 e. The number of hydrogen-bond donors (Lipinski definition) is 1. The molecule has 0 bridgehead atoms. The molecule has 0 fully saturated rings. The lowest BCUT2D eigenvalue weighted by molar-refractivity contribution is -0.137. The van der Waals surface area contributed by atoms with E-state index in [9.17, 15) is 18.0 Å². The predicted octanol–water partition coefficient (Wildman–Crippen LogP) is 3.24. The standard InChI is InChI=1S/C16H15F3N6OS/c1-8-12(6-14(26)21-15-23-22-10(3)27-15)9(2)25(24-8)13-5-4-11(7-20-13)16(17,18)19/h4-5,7H,6H2,1-3H3,(H,21,23,26). The lowest BCUT2D eigenvalue weighted by atomic mass is 10.1. The second-order valence-corrected chi connectivity index (χ2v) is 7.00. The topological polar surface area (TPSA) is 85.6 Å². The molecule has 0 aromatic carbocycles. The fourth-order valence-corrected chi connectivity index (χ4v) is 3.11. The summed E-state index contributed by atoms with van der Waals surface area (Å²) in [4.78, 5) is 16.1. The zero-order valence-electron chi connectivity index (χ0n) is 14.6. The number of alkyl halides is 3. The first kappa shape index (κ1) is 19.0. The molecule has 0 unspecified atom stereocenters. The Kier molecular flexibility index (Phi) is 4.96. The van der Waals surface area contributed by atoms with Gasteiger partial charge in [-0.25, -0.2) is 9.67 Å². The normalized spacial score (nSPS) is 11.6. The van der Waals surface area contributed by atoms with Crippen LogP contribution in [-0.2, 0) is 17.4 Å². The molecule has 0 saturated heterocycles. The fourth-order valence-electron chi connectivity index (χ4n) is 2.50. The van der Waals surface area contributed by atoms with E-state index in [1.54, 1.807) is 20.8 Å². The number of carbonyl (C=O) groups excluding carboxylic acids is 1. The van der Waals surface area contributed by atoms with Crippen LogP contribution in [-0.4, -0.2) is 30.9 Å². The van der Waals surface area contributed by atoms with Gasteiger partial charge in [0.15, 0.2) is 5.82 Å². The zero-order valence-corrected chi connectivity index (χ0v) is 15.4. The first-order valence-electron chi connectivity index (χ1n) is 7.84. The van der Waals surface area contributed by atoms with Crippen LogP contribution < -0.4 is 5.32 Å². The Morgan fingerprint density at radius 1 is 1.22 bits per heavy atom. The number of aryl methyl sites for hydroxylation is 2. The summed E-state index contributed by atoms with van der Waals surface area (Å²) in [6, 6.07) is 2.19. The number of nitrogens with zero attached hydrogens (tertiary/aromatic N) is 5. The minimum absolute atomic E-state index is 0.0525. The van der Waals surface area contributed by atoms with Gasteiger partial charge in [0.05, 0.1) is 17.7 Å². The molecule has 3 rings (SSSR count). The second kappa shape index (κ2) is 7.06. The molecule has 142 valence electrons. The minimum Gasteiger partial charge on any atom is -0.300 e. The third kappa shape index (κ3) is 4.13. The van der Waals surface area contributed by atoms with Crippen molar-refractivity contribution in [2.75, 3.05) is 5.32 Å². The first-order chi connectivity index (χ1) is 12.6. The van der Waals surface area contributed by atoms with Gasteiger partial charge in [0.25, 0.3) is 0 Å². The molecule has 0 spiro atoms. The zero-order chi connectivity index (χ0) is 19.8. The van der Waals surface area contributed by atoms with E-state index in [0.717, 1.165) is 17.3 Å². The molecule has 3 aromatic rings. The molecule has 1 amide bonds. The van der Waals surface area contributed by atoms with E-state index in [1.807, 2.05) is 0 Å². The van der Waals surface area contributed by atoms with Crippen molar-refractivity contribution in [1.29, 1.82) is 0 Å². The van der Waals surface area contributed by atoms with E-state index in [0.29, 0.717) is 22.1 Å². The molecule has 0 aliphatic rings. The number of carbonyl (C=O) groups is 1. The van der Waals surface area contributed by atoms with Crippen LogP contribution in [0, 0.1) is 20.8 Å². The summed E-state index contributed by atoms with van der Waals surface area (Å²) < 4.78 is 39.5. The predicted molar refractivity (Wildman–Crippen MR) is 92.8 cm³/mol. The van der Waals surface area contributed by atoms with Gasteiger partial charge >= 0.3 is 6.18 Å². The lowest BCUT2D eigenvalue weighted by Crippen LogP contribution is -2.15. The summed E-state index contributed by atoms with van der Waals surface area (Å²) >= 11 is 1.26. The number of anilines is 1. The molecule has 11 heteroatoms. The molecule has 1 N–H and O–H groups in total. The van der Waals surface area contributed by atoms with Gasteiger partial charge < -0.3 is 5.32 Å². The van der Waals surface area contributed by atoms with Crippen LogP contribution in [0.25, 0.3) is 5.82 Å². The van der Waals surface area contributed by atoms with Crippen molar-refractivity contribution in [3.63, 3.8) is 0 Å². The largest absolute Gasteiger partial charge is 0.417 e. The molecule has 0 radical (unpaired) electrons. The maximum absolute atomic E-state index is 12.7. The van der Waals surface area contributed by atoms with Gasteiger partial charge in [-0.1, -0.05) is 11.3 Å². The van der Waals surface area contributed by atoms with E-state index in [2.05, 4.69) is 25.6 Å². The summed E-state index contributed by atoms with van der Waals surface area (Å²) in [5, 5.41) is 15.8. The Balaban J connectivity index is 1.81. The molecule has 27 heavy (non-hydrogen) atoms. The molecule has 3 heterocycles. The maximum Gasteiger partial charge on any atom is 0.417 e. The van der Waals surface area contributed by atoms with Crippen molar-refractivity contribution in [2.24, 2.45) is 0 Å². The van der Waals surface area contributed by atoms with Crippen LogP contribution >= 0.6 is 11.3 Å². The maximum atomic E-state index is 12.7. The molecule has 3 aromatic heterocycles. The number of aromatic nitrogens is 5. The summed E-state index contributed by atoms with van der Waals surface area (Å²) in [6.07, 6.45) is -3.64. The van der Waals surface area contributed by atoms with Crippen LogP contribution in [0.15, 0.2) is 18.3 Å². The Labute approximate surface area is 156 Å². The number of amides is 1. The minimum atomic E-state index is -4.45. The van der Waals surface area contributed by atoms with Crippen molar-refractivity contribution in [3.05, 3.63) is 45.9 Å². The average molecular weight is 396 g/mol. The molecule has 0 aliphatic heterocycles. The number of nitrogens with one attached hydrogen (secondary N) is 1. The van der Waals surface area contributed by atoms with Gasteiger partial charge in [-0.15, -0.1) is 10.2 Å². The Morgan fingerprint density at radius 3 is 2.52 bits per heavy atom. The lowest BCUT2D eigenvalue weighted by Gasteiger charge is -2.08. The Morgan fingerprint density at radius 2 is 1.96 bits per heavy atom. The third-order valence-corrected chi connectivity index (χ3v) is 4.60. The fraction of sp³-hybridized carbons (Fsp3) is 0.312. The monoisotopic (exact) mass is 396 g/mol. The number of pyridine rings is 1. The van der Waals surface area contributed by atoms with Gasteiger partial charge in [-0.2, -0.15) is 18.3 Å². The highest BCUT2D eigenvalue weighted by molar-refractivity contribution is 7.15. The van der Waals surface area contributed by atoms with Crippen molar-refractivity contribution in [1.82, 2.24) is 25.0 Å². The highest BCUT2D eigenvalue weighted by Gasteiger charge is 2.30. The highest BCUT2D eigenvalue weighted by atomic mass is 32.1. The van der Waals surface area contributed by atoms with Crippen molar-refractivity contribution in [2.45, 2.75) is 33.4 Å². The molecule has 7 nitrogen and oxygen atoms in total. The van der Waals surface area contributed by atoms with Crippen LogP contribution in [0.1, 0.15) is 27.5 Å². The molecule has 0 aliphatic carbocycles. The van der Waals surface area contributed by atoms with E-state index < -0.39 is 11.7 Å².